The number of hydrogen-bond donors (Lipinski definition) is 0. The standard InChI is InChI=1S/C27H30ClFNO2/c1-20(27-6-5-14-32-27)16-21-7-8-22(23-9-10-25(28)26(29)18-23)17-24(21)19-31-15-13-30-11-3-2-4-12-30/h5-10,14,17-18,20H,1-4,11-13,15-16,19H2. The molecular weight excluding hydrogens is 425 g/mol. The van der Waals surface area contributed by atoms with E-state index in [0.29, 0.717) is 13.2 Å². The van der Waals surface area contributed by atoms with Crippen LogP contribution in [0.4, 0.5) is 4.39 Å². The molecule has 1 atom stereocenters. The third-order valence-corrected chi connectivity index (χ3v) is 6.44. The fourth-order valence-corrected chi connectivity index (χ4v) is 4.38. The average molecular weight is 455 g/mol. The van der Waals surface area contributed by atoms with Crippen molar-refractivity contribution in [1.82, 2.24) is 4.90 Å². The Balaban J connectivity index is 1.49. The highest BCUT2D eigenvalue weighted by Crippen LogP contribution is 2.29. The van der Waals surface area contributed by atoms with E-state index in [2.05, 4.69) is 24.0 Å². The van der Waals surface area contributed by atoms with Crippen LogP contribution in [0.15, 0.2) is 59.2 Å². The van der Waals surface area contributed by atoms with Gasteiger partial charge in [0.05, 0.1) is 24.5 Å². The van der Waals surface area contributed by atoms with Crippen LogP contribution in [0, 0.1) is 12.7 Å². The Labute approximate surface area is 195 Å². The highest BCUT2D eigenvalue weighted by atomic mass is 35.5. The monoisotopic (exact) mass is 454 g/mol. The second-order valence-electron chi connectivity index (χ2n) is 8.48. The van der Waals surface area contributed by atoms with E-state index in [1.165, 1.54) is 38.4 Å². The zero-order valence-electron chi connectivity index (χ0n) is 18.4. The van der Waals surface area contributed by atoms with E-state index in [9.17, 15) is 4.39 Å². The summed E-state index contributed by atoms with van der Waals surface area (Å²) >= 11 is 5.86. The molecule has 1 saturated heterocycles. The lowest BCUT2D eigenvalue weighted by molar-refractivity contribution is 0.0859. The molecule has 1 aromatic heterocycles. The van der Waals surface area contributed by atoms with Crippen LogP contribution in [0.2, 0.25) is 5.02 Å². The van der Waals surface area contributed by atoms with Crippen LogP contribution in [-0.4, -0.2) is 31.1 Å². The van der Waals surface area contributed by atoms with Gasteiger partial charge in [-0.15, -0.1) is 0 Å². The molecule has 0 aliphatic carbocycles. The van der Waals surface area contributed by atoms with Gasteiger partial charge in [-0.05, 0) is 91.9 Å². The molecule has 0 bridgehead atoms. The van der Waals surface area contributed by atoms with Gasteiger partial charge in [-0.3, -0.25) is 0 Å². The molecule has 2 aromatic carbocycles. The van der Waals surface area contributed by atoms with Crippen molar-refractivity contribution in [2.24, 2.45) is 0 Å². The summed E-state index contributed by atoms with van der Waals surface area (Å²) in [7, 11) is 0. The van der Waals surface area contributed by atoms with E-state index in [0.717, 1.165) is 41.0 Å². The number of benzene rings is 2. The van der Waals surface area contributed by atoms with Crippen molar-refractivity contribution in [2.45, 2.75) is 38.2 Å². The maximum absolute atomic E-state index is 14.0. The van der Waals surface area contributed by atoms with E-state index in [1.807, 2.05) is 24.3 Å². The highest BCUT2D eigenvalue weighted by molar-refractivity contribution is 6.30. The quantitative estimate of drug-likeness (QED) is 0.329. The van der Waals surface area contributed by atoms with E-state index < -0.39 is 5.82 Å². The molecule has 5 heteroatoms. The van der Waals surface area contributed by atoms with Crippen molar-refractivity contribution < 1.29 is 13.5 Å². The minimum atomic E-state index is -0.414. The first-order chi connectivity index (χ1) is 15.6. The molecule has 32 heavy (non-hydrogen) atoms. The summed E-state index contributed by atoms with van der Waals surface area (Å²) in [6.45, 7) is 8.77. The van der Waals surface area contributed by atoms with Crippen LogP contribution in [0.5, 0.6) is 0 Å². The SMILES string of the molecule is [CH2]C(Cc1ccc(-c2ccc(Cl)c(F)c2)cc1COCCN1CCCCC1)c1ccco1. The van der Waals surface area contributed by atoms with Gasteiger partial charge >= 0.3 is 0 Å². The molecule has 3 aromatic rings. The predicted octanol–water partition coefficient (Wildman–Crippen LogP) is 6.90. The van der Waals surface area contributed by atoms with Crippen molar-refractivity contribution in [3.8, 4) is 11.1 Å². The lowest BCUT2D eigenvalue weighted by Gasteiger charge is -2.26. The summed E-state index contributed by atoms with van der Waals surface area (Å²) in [4.78, 5) is 2.47. The smallest absolute Gasteiger partial charge is 0.142 e. The summed E-state index contributed by atoms with van der Waals surface area (Å²) in [5.41, 5.74) is 4.00. The molecule has 1 aliphatic heterocycles. The maximum atomic E-state index is 14.0. The molecule has 0 saturated carbocycles. The molecule has 0 N–H and O–H groups in total. The van der Waals surface area contributed by atoms with Gasteiger partial charge in [0.1, 0.15) is 11.6 Å². The molecular formula is C27H30ClFNO2. The van der Waals surface area contributed by atoms with E-state index in [4.69, 9.17) is 20.8 Å². The Hall–Kier alpha value is -2.14. The molecule has 1 radical (unpaired) electrons. The van der Waals surface area contributed by atoms with Gasteiger partial charge in [-0.1, -0.05) is 36.2 Å². The number of rotatable bonds is 9. The van der Waals surface area contributed by atoms with Crippen molar-refractivity contribution in [1.29, 1.82) is 0 Å². The molecule has 0 spiro atoms. The summed E-state index contributed by atoms with van der Waals surface area (Å²) in [6.07, 6.45) is 6.31. The first-order valence-corrected chi connectivity index (χ1v) is 11.7. The molecule has 4 rings (SSSR count). The Morgan fingerprint density at radius 2 is 1.81 bits per heavy atom. The Kier molecular flexibility index (Phi) is 8.01. The third kappa shape index (κ3) is 6.00. The zero-order valence-corrected chi connectivity index (χ0v) is 19.1. The van der Waals surface area contributed by atoms with Crippen molar-refractivity contribution in [3.63, 3.8) is 0 Å². The van der Waals surface area contributed by atoms with Gasteiger partial charge in [0.2, 0.25) is 0 Å². The van der Waals surface area contributed by atoms with Gasteiger partial charge in [0.25, 0.3) is 0 Å². The minimum Gasteiger partial charge on any atom is -0.469 e. The number of halogens is 2. The number of likely N-dealkylation sites (tertiary alicyclic amines) is 1. The Morgan fingerprint density at radius 1 is 1.03 bits per heavy atom. The van der Waals surface area contributed by atoms with Crippen LogP contribution in [-0.2, 0) is 17.8 Å². The van der Waals surface area contributed by atoms with E-state index in [-0.39, 0.29) is 10.9 Å². The maximum Gasteiger partial charge on any atom is 0.142 e. The summed E-state index contributed by atoms with van der Waals surface area (Å²) in [5, 5.41) is 0.130. The van der Waals surface area contributed by atoms with Crippen molar-refractivity contribution >= 4 is 11.6 Å². The topological polar surface area (TPSA) is 25.6 Å². The number of nitrogens with zero attached hydrogens (tertiary/aromatic N) is 1. The van der Waals surface area contributed by atoms with Crippen LogP contribution < -0.4 is 0 Å². The molecule has 1 unspecified atom stereocenters. The van der Waals surface area contributed by atoms with Gasteiger partial charge in [0, 0.05) is 12.5 Å². The normalized spacial score (nSPS) is 15.7. The minimum absolute atomic E-state index is 0.0101. The summed E-state index contributed by atoms with van der Waals surface area (Å²) in [5.74, 6) is 0.463. The zero-order chi connectivity index (χ0) is 22.3. The first-order valence-electron chi connectivity index (χ1n) is 11.3. The van der Waals surface area contributed by atoms with Gasteiger partial charge in [-0.2, -0.15) is 0 Å². The second-order valence-corrected chi connectivity index (χ2v) is 8.89. The highest BCUT2D eigenvalue weighted by Gasteiger charge is 2.15. The Morgan fingerprint density at radius 3 is 2.56 bits per heavy atom. The molecule has 1 aliphatic rings. The fourth-order valence-electron chi connectivity index (χ4n) is 4.26. The van der Waals surface area contributed by atoms with Gasteiger partial charge in [-0.25, -0.2) is 4.39 Å². The summed E-state index contributed by atoms with van der Waals surface area (Å²) in [6, 6.07) is 15.0. The van der Waals surface area contributed by atoms with Crippen LogP contribution >= 0.6 is 11.6 Å². The van der Waals surface area contributed by atoms with Gasteiger partial charge in [0.15, 0.2) is 0 Å². The number of ether oxygens (including phenoxy) is 1. The molecule has 1 fully saturated rings. The Bertz CT molecular complexity index is 999. The molecule has 169 valence electrons. The predicted molar refractivity (Wildman–Crippen MR) is 127 cm³/mol. The number of hydrogen-bond acceptors (Lipinski definition) is 3. The van der Waals surface area contributed by atoms with E-state index >= 15 is 0 Å². The fraction of sp³-hybridized carbons (Fsp3) is 0.370. The van der Waals surface area contributed by atoms with Crippen LogP contribution in [0.3, 0.4) is 0 Å². The summed E-state index contributed by atoms with van der Waals surface area (Å²) < 4.78 is 25.6. The molecule has 3 nitrogen and oxygen atoms in total. The largest absolute Gasteiger partial charge is 0.469 e. The number of piperidine rings is 1. The molecule has 0 amide bonds. The van der Waals surface area contributed by atoms with Gasteiger partial charge < -0.3 is 14.1 Å². The lowest BCUT2D eigenvalue weighted by Crippen LogP contribution is -2.32. The second kappa shape index (κ2) is 11.1. The molecule has 2 heterocycles. The number of furan rings is 1. The first kappa shape index (κ1) is 23.0. The van der Waals surface area contributed by atoms with Crippen LogP contribution in [0.1, 0.15) is 42.1 Å². The van der Waals surface area contributed by atoms with Crippen LogP contribution in [0.25, 0.3) is 11.1 Å². The third-order valence-electron chi connectivity index (χ3n) is 6.13. The van der Waals surface area contributed by atoms with Crippen molar-refractivity contribution in [2.75, 3.05) is 26.2 Å². The van der Waals surface area contributed by atoms with E-state index in [1.54, 1.807) is 12.3 Å². The average Bonchev–Trinajstić information content (AvgIpc) is 3.35. The van der Waals surface area contributed by atoms with Crippen molar-refractivity contribution in [3.05, 3.63) is 89.4 Å². The lowest BCUT2D eigenvalue weighted by atomic mass is 9.92.